The molecule has 5 heteroatoms. The number of nitrogens with two attached hydrogens (primary N) is 2. The summed E-state index contributed by atoms with van der Waals surface area (Å²) in [5.41, 5.74) is 9.59. The monoisotopic (exact) mass is 180 g/mol. The summed E-state index contributed by atoms with van der Waals surface area (Å²) < 4.78 is 0. The number of nitrogens with one attached hydrogen (secondary N) is 2. The standard InChI is InChI=1S/C8H12N4O/c1-11-8(13)5-2-3-7(12-10)6(9)4-5/h2-4,12H,9-10H2,1H3,(H,11,13). The molecule has 0 fully saturated rings. The molecule has 0 aromatic heterocycles. The molecule has 1 rings (SSSR count). The quantitative estimate of drug-likeness (QED) is 0.291. The Bertz CT molecular complexity index is 324. The third kappa shape index (κ3) is 1.88. The van der Waals surface area contributed by atoms with Crippen molar-refractivity contribution < 1.29 is 4.79 Å². The van der Waals surface area contributed by atoms with Gasteiger partial charge in [0.2, 0.25) is 0 Å². The van der Waals surface area contributed by atoms with E-state index in [0.29, 0.717) is 16.9 Å². The molecule has 0 saturated carbocycles. The van der Waals surface area contributed by atoms with Gasteiger partial charge in [-0.25, -0.2) is 0 Å². The Balaban J connectivity index is 3.02. The van der Waals surface area contributed by atoms with Gasteiger partial charge in [-0.3, -0.25) is 10.6 Å². The predicted molar refractivity (Wildman–Crippen MR) is 52.1 cm³/mol. The lowest BCUT2D eigenvalue weighted by Crippen LogP contribution is -2.18. The number of benzene rings is 1. The Morgan fingerprint density at radius 2 is 2.15 bits per heavy atom. The first-order valence-electron chi connectivity index (χ1n) is 3.77. The van der Waals surface area contributed by atoms with Crippen LogP contribution in [0.1, 0.15) is 10.4 Å². The minimum atomic E-state index is -0.171. The van der Waals surface area contributed by atoms with Gasteiger partial charge in [0.1, 0.15) is 0 Å². The summed E-state index contributed by atoms with van der Waals surface area (Å²) in [6.07, 6.45) is 0. The van der Waals surface area contributed by atoms with Gasteiger partial charge in [-0.15, -0.1) is 0 Å². The van der Waals surface area contributed by atoms with Crippen LogP contribution in [-0.4, -0.2) is 13.0 Å². The number of amides is 1. The minimum absolute atomic E-state index is 0.171. The van der Waals surface area contributed by atoms with Crippen LogP contribution >= 0.6 is 0 Å². The molecule has 1 aromatic rings. The smallest absolute Gasteiger partial charge is 0.251 e. The van der Waals surface area contributed by atoms with Gasteiger partial charge >= 0.3 is 0 Å². The summed E-state index contributed by atoms with van der Waals surface area (Å²) in [7, 11) is 1.56. The maximum atomic E-state index is 11.1. The van der Waals surface area contributed by atoms with Crippen molar-refractivity contribution in [2.24, 2.45) is 5.84 Å². The summed E-state index contributed by atoms with van der Waals surface area (Å²) in [6.45, 7) is 0. The van der Waals surface area contributed by atoms with Gasteiger partial charge < -0.3 is 16.5 Å². The Kier molecular flexibility index (Phi) is 2.71. The highest BCUT2D eigenvalue weighted by Gasteiger charge is 2.04. The van der Waals surface area contributed by atoms with Gasteiger partial charge in [-0.1, -0.05) is 0 Å². The molecule has 13 heavy (non-hydrogen) atoms. The molecule has 1 aromatic carbocycles. The zero-order valence-electron chi connectivity index (χ0n) is 7.29. The number of hydrazine groups is 1. The van der Waals surface area contributed by atoms with E-state index in [4.69, 9.17) is 11.6 Å². The van der Waals surface area contributed by atoms with E-state index in [0.717, 1.165) is 0 Å². The Labute approximate surface area is 76.1 Å². The first-order chi connectivity index (χ1) is 6.19. The van der Waals surface area contributed by atoms with Gasteiger partial charge in [0.25, 0.3) is 5.91 Å². The molecule has 0 heterocycles. The van der Waals surface area contributed by atoms with Crippen molar-refractivity contribution in [2.45, 2.75) is 0 Å². The predicted octanol–water partition coefficient (Wildman–Crippen LogP) is -0.0860. The van der Waals surface area contributed by atoms with E-state index < -0.39 is 0 Å². The first-order valence-corrected chi connectivity index (χ1v) is 3.77. The van der Waals surface area contributed by atoms with Gasteiger partial charge in [-0.2, -0.15) is 0 Å². The number of carbonyl (C=O) groups excluding carboxylic acids is 1. The number of rotatable bonds is 2. The van der Waals surface area contributed by atoms with E-state index in [9.17, 15) is 4.79 Å². The van der Waals surface area contributed by atoms with E-state index in [-0.39, 0.29) is 5.91 Å². The number of carbonyl (C=O) groups is 1. The normalized spacial score (nSPS) is 9.38. The van der Waals surface area contributed by atoms with Crippen LogP contribution in [0.15, 0.2) is 18.2 Å². The van der Waals surface area contributed by atoms with E-state index in [1.54, 1.807) is 25.2 Å². The van der Waals surface area contributed by atoms with Crippen molar-refractivity contribution in [3.05, 3.63) is 23.8 Å². The third-order valence-electron chi connectivity index (χ3n) is 1.70. The maximum Gasteiger partial charge on any atom is 0.251 e. The van der Waals surface area contributed by atoms with E-state index >= 15 is 0 Å². The van der Waals surface area contributed by atoms with Crippen LogP contribution in [0.3, 0.4) is 0 Å². The summed E-state index contributed by atoms with van der Waals surface area (Å²) >= 11 is 0. The molecule has 0 aliphatic carbocycles. The van der Waals surface area contributed by atoms with Crippen molar-refractivity contribution in [1.29, 1.82) is 0 Å². The van der Waals surface area contributed by atoms with Crippen LogP contribution in [0.5, 0.6) is 0 Å². The Morgan fingerprint density at radius 1 is 1.46 bits per heavy atom. The molecule has 6 N–H and O–H groups in total. The second kappa shape index (κ2) is 3.77. The van der Waals surface area contributed by atoms with Crippen molar-refractivity contribution in [1.82, 2.24) is 5.32 Å². The fourth-order valence-electron chi connectivity index (χ4n) is 0.980. The summed E-state index contributed by atoms with van der Waals surface area (Å²) in [5.74, 6) is 5.01. The van der Waals surface area contributed by atoms with Crippen molar-refractivity contribution >= 4 is 17.3 Å². The molecule has 0 bridgehead atoms. The Hall–Kier alpha value is -1.75. The number of hydrogen-bond donors (Lipinski definition) is 4. The summed E-state index contributed by atoms with van der Waals surface area (Å²) in [6, 6.07) is 4.86. The van der Waals surface area contributed by atoms with Crippen LogP contribution in [0.25, 0.3) is 0 Å². The highest BCUT2D eigenvalue weighted by Crippen LogP contribution is 2.18. The van der Waals surface area contributed by atoms with E-state index in [1.807, 2.05) is 0 Å². The zero-order valence-corrected chi connectivity index (χ0v) is 7.29. The highest BCUT2D eigenvalue weighted by atomic mass is 16.1. The van der Waals surface area contributed by atoms with Crippen LogP contribution in [-0.2, 0) is 0 Å². The molecular weight excluding hydrogens is 168 g/mol. The molecule has 0 spiro atoms. The van der Waals surface area contributed by atoms with Crippen LogP contribution in [0.2, 0.25) is 0 Å². The lowest BCUT2D eigenvalue weighted by molar-refractivity contribution is 0.0963. The van der Waals surface area contributed by atoms with E-state index in [1.165, 1.54) is 0 Å². The van der Waals surface area contributed by atoms with Crippen molar-refractivity contribution in [2.75, 3.05) is 18.2 Å². The van der Waals surface area contributed by atoms with Gasteiger partial charge in [0, 0.05) is 12.6 Å². The first kappa shape index (κ1) is 9.34. The second-order valence-electron chi connectivity index (χ2n) is 2.53. The molecule has 5 nitrogen and oxygen atoms in total. The fourth-order valence-corrected chi connectivity index (χ4v) is 0.980. The lowest BCUT2D eigenvalue weighted by atomic mass is 10.1. The van der Waals surface area contributed by atoms with Crippen molar-refractivity contribution in [3.8, 4) is 0 Å². The second-order valence-corrected chi connectivity index (χ2v) is 2.53. The largest absolute Gasteiger partial charge is 0.397 e. The van der Waals surface area contributed by atoms with Crippen LogP contribution < -0.4 is 22.3 Å². The maximum absolute atomic E-state index is 11.1. The zero-order chi connectivity index (χ0) is 9.84. The Morgan fingerprint density at radius 3 is 2.62 bits per heavy atom. The van der Waals surface area contributed by atoms with Crippen molar-refractivity contribution in [3.63, 3.8) is 0 Å². The third-order valence-corrected chi connectivity index (χ3v) is 1.70. The average molecular weight is 180 g/mol. The molecule has 0 atom stereocenters. The molecule has 0 aliphatic rings. The van der Waals surface area contributed by atoms with E-state index in [2.05, 4.69) is 10.7 Å². The molecule has 0 saturated heterocycles. The molecular formula is C8H12N4O. The SMILES string of the molecule is CNC(=O)c1ccc(NN)c(N)c1. The lowest BCUT2D eigenvalue weighted by Gasteiger charge is -2.06. The molecule has 0 radical (unpaired) electrons. The summed E-state index contributed by atoms with van der Waals surface area (Å²) in [5, 5.41) is 2.50. The van der Waals surface area contributed by atoms with Gasteiger partial charge in [0.15, 0.2) is 0 Å². The number of nitrogen functional groups attached to an aromatic ring is 2. The van der Waals surface area contributed by atoms with Gasteiger partial charge in [-0.05, 0) is 18.2 Å². The highest BCUT2D eigenvalue weighted by molar-refractivity contribution is 5.95. The van der Waals surface area contributed by atoms with Crippen LogP contribution in [0, 0.1) is 0 Å². The fraction of sp³-hybridized carbons (Fsp3) is 0.125. The van der Waals surface area contributed by atoms with Crippen LogP contribution in [0.4, 0.5) is 11.4 Å². The minimum Gasteiger partial charge on any atom is -0.397 e. The summed E-state index contributed by atoms with van der Waals surface area (Å²) in [4.78, 5) is 11.1. The number of anilines is 2. The van der Waals surface area contributed by atoms with Gasteiger partial charge in [0.05, 0.1) is 11.4 Å². The topological polar surface area (TPSA) is 93.2 Å². The molecule has 70 valence electrons. The molecule has 0 aliphatic heterocycles. The molecule has 1 amide bonds. The number of hydrogen-bond acceptors (Lipinski definition) is 4. The molecule has 0 unspecified atom stereocenters. The average Bonchev–Trinajstić information content (AvgIpc) is 2.16.